The van der Waals surface area contributed by atoms with Gasteiger partial charge in [-0.05, 0) is 25.2 Å². The van der Waals surface area contributed by atoms with Crippen molar-refractivity contribution in [2.45, 2.75) is 31.4 Å². The van der Waals surface area contributed by atoms with Crippen molar-refractivity contribution in [1.82, 2.24) is 9.62 Å². The Hall–Kier alpha value is -0.620. The molecule has 2 heterocycles. The largest absolute Gasteiger partial charge is 0.356 e. The van der Waals surface area contributed by atoms with Gasteiger partial charge in [0.15, 0.2) is 0 Å². The van der Waals surface area contributed by atoms with Crippen molar-refractivity contribution in [2.75, 3.05) is 19.6 Å². The Morgan fingerprint density at radius 3 is 2.65 bits per heavy atom. The van der Waals surface area contributed by atoms with E-state index in [4.69, 9.17) is 0 Å². The van der Waals surface area contributed by atoms with Crippen LogP contribution in [0.5, 0.6) is 0 Å². The van der Waals surface area contributed by atoms with Gasteiger partial charge in [-0.15, -0.1) is 0 Å². The first-order valence-corrected chi connectivity index (χ1v) is 7.74. The molecule has 96 valence electrons. The van der Waals surface area contributed by atoms with Crippen LogP contribution in [0.3, 0.4) is 0 Å². The third-order valence-corrected chi connectivity index (χ3v) is 6.81. The predicted molar refractivity (Wildman–Crippen MR) is 62.7 cm³/mol. The fourth-order valence-electron chi connectivity index (χ4n) is 3.10. The number of nitrogens with one attached hydrogen (secondary N) is 1. The molecule has 0 unspecified atom stereocenters. The Morgan fingerprint density at radius 1 is 1.41 bits per heavy atom. The zero-order valence-corrected chi connectivity index (χ0v) is 10.8. The number of carbonyl (C=O) groups is 1. The number of hydrogen-bond donors (Lipinski definition) is 1. The quantitative estimate of drug-likeness (QED) is 0.754. The lowest BCUT2D eigenvalue weighted by molar-refractivity contribution is -0.128. The monoisotopic (exact) mass is 258 g/mol. The molecule has 0 bridgehead atoms. The molecule has 1 saturated carbocycles. The van der Waals surface area contributed by atoms with E-state index < -0.39 is 15.4 Å². The molecule has 0 aromatic carbocycles. The van der Waals surface area contributed by atoms with E-state index >= 15 is 0 Å². The zero-order chi connectivity index (χ0) is 12.3. The van der Waals surface area contributed by atoms with Crippen molar-refractivity contribution < 1.29 is 13.2 Å². The molecule has 5 nitrogen and oxygen atoms in total. The van der Waals surface area contributed by atoms with E-state index in [0.29, 0.717) is 19.6 Å². The normalized spacial score (nSPS) is 38.9. The predicted octanol–water partition coefficient (Wildman–Crippen LogP) is -0.0634. The van der Waals surface area contributed by atoms with E-state index in [2.05, 4.69) is 5.32 Å². The SMILES string of the molecule is C[C@@H]1CN(S(=O)(=O)C2CC2)C[C@]12CCNC2=O. The van der Waals surface area contributed by atoms with Crippen LogP contribution in [-0.2, 0) is 14.8 Å². The van der Waals surface area contributed by atoms with Crippen molar-refractivity contribution in [2.24, 2.45) is 11.3 Å². The molecule has 1 aliphatic carbocycles. The van der Waals surface area contributed by atoms with Gasteiger partial charge in [0.05, 0.1) is 10.7 Å². The first-order valence-electron chi connectivity index (χ1n) is 6.24. The highest BCUT2D eigenvalue weighted by atomic mass is 32.2. The zero-order valence-electron chi connectivity index (χ0n) is 9.98. The van der Waals surface area contributed by atoms with Crippen molar-refractivity contribution in [3.05, 3.63) is 0 Å². The van der Waals surface area contributed by atoms with Crippen LogP contribution < -0.4 is 5.32 Å². The van der Waals surface area contributed by atoms with Gasteiger partial charge in [0.2, 0.25) is 15.9 Å². The summed E-state index contributed by atoms with van der Waals surface area (Å²) in [4.78, 5) is 11.9. The Morgan fingerprint density at radius 2 is 2.12 bits per heavy atom. The number of amides is 1. The van der Waals surface area contributed by atoms with Crippen molar-refractivity contribution >= 4 is 15.9 Å². The standard InChI is InChI=1S/C11H18N2O3S/c1-8-6-13(17(15,16)9-2-3-9)7-11(8)4-5-12-10(11)14/h8-9H,2-7H2,1H3,(H,12,14)/t8-,11-/m1/s1. The molecule has 6 heteroatoms. The molecular formula is C11H18N2O3S. The molecule has 1 N–H and O–H groups in total. The fourth-order valence-corrected chi connectivity index (χ4v) is 5.09. The molecule has 3 rings (SSSR count). The second kappa shape index (κ2) is 3.45. The summed E-state index contributed by atoms with van der Waals surface area (Å²) in [5.41, 5.74) is -0.456. The van der Waals surface area contributed by atoms with Crippen LogP contribution in [-0.4, -0.2) is 43.5 Å². The van der Waals surface area contributed by atoms with Crippen molar-refractivity contribution in [3.8, 4) is 0 Å². The highest BCUT2D eigenvalue weighted by Crippen LogP contribution is 2.44. The van der Waals surface area contributed by atoms with Crippen molar-refractivity contribution in [3.63, 3.8) is 0 Å². The molecule has 1 amide bonds. The first-order chi connectivity index (χ1) is 7.97. The summed E-state index contributed by atoms with van der Waals surface area (Å²) in [5.74, 6) is 0.164. The Labute approximate surface area is 102 Å². The highest BCUT2D eigenvalue weighted by Gasteiger charge is 2.56. The summed E-state index contributed by atoms with van der Waals surface area (Å²) in [6, 6.07) is 0. The van der Waals surface area contributed by atoms with Crippen LogP contribution in [0.2, 0.25) is 0 Å². The van der Waals surface area contributed by atoms with E-state index in [1.54, 1.807) is 4.31 Å². The lowest BCUT2D eigenvalue weighted by Crippen LogP contribution is -2.39. The average Bonchev–Trinajstić information content (AvgIpc) is 2.99. The maximum atomic E-state index is 12.2. The number of hydrogen-bond acceptors (Lipinski definition) is 3. The summed E-state index contributed by atoms with van der Waals surface area (Å²) in [6.07, 6.45) is 2.34. The van der Waals surface area contributed by atoms with Crippen LogP contribution in [0.15, 0.2) is 0 Å². The Bertz CT molecular complexity index is 457. The van der Waals surface area contributed by atoms with E-state index in [1.807, 2.05) is 6.92 Å². The van der Waals surface area contributed by atoms with E-state index in [1.165, 1.54) is 0 Å². The molecule has 17 heavy (non-hydrogen) atoms. The van der Waals surface area contributed by atoms with Crippen LogP contribution in [0, 0.1) is 11.3 Å². The minimum atomic E-state index is -3.13. The fraction of sp³-hybridized carbons (Fsp3) is 0.909. The third kappa shape index (κ3) is 1.53. The molecule has 1 spiro atoms. The van der Waals surface area contributed by atoms with Gasteiger partial charge < -0.3 is 5.32 Å². The number of rotatable bonds is 2. The summed E-state index contributed by atoms with van der Waals surface area (Å²) < 4.78 is 25.9. The third-order valence-electron chi connectivity index (χ3n) is 4.49. The van der Waals surface area contributed by atoms with Gasteiger partial charge in [0, 0.05) is 19.6 Å². The molecule has 3 aliphatic rings. The van der Waals surface area contributed by atoms with E-state index in [9.17, 15) is 13.2 Å². The average molecular weight is 258 g/mol. The van der Waals surface area contributed by atoms with Crippen LogP contribution in [0.4, 0.5) is 0 Å². The van der Waals surface area contributed by atoms with Crippen LogP contribution >= 0.6 is 0 Å². The molecule has 3 fully saturated rings. The highest BCUT2D eigenvalue weighted by molar-refractivity contribution is 7.90. The lowest BCUT2D eigenvalue weighted by Gasteiger charge is -2.23. The smallest absolute Gasteiger partial charge is 0.227 e. The topological polar surface area (TPSA) is 66.5 Å². The summed E-state index contributed by atoms with van der Waals surface area (Å²) >= 11 is 0. The second-order valence-corrected chi connectivity index (χ2v) is 7.81. The minimum Gasteiger partial charge on any atom is -0.356 e. The van der Waals surface area contributed by atoms with Crippen LogP contribution in [0.1, 0.15) is 26.2 Å². The molecular weight excluding hydrogens is 240 g/mol. The van der Waals surface area contributed by atoms with Gasteiger partial charge in [0.25, 0.3) is 0 Å². The molecule has 2 aliphatic heterocycles. The van der Waals surface area contributed by atoms with E-state index in [-0.39, 0.29) is 17.1 Å². The van der Waals surface area contributed by atoms with E-state index in [0.717, 1.165) is 19.3 Å². The molecule has 2 atom stereocenters. The Kier molecular flexibility index (Phi) is 2.32. The molecule has 0 aromatic rings. The number of carbonyl (C=O) groups excluding carboxylic acids is 1. The van der Waals surface area contributed by atoms with Crippen molar-refractivity contribution in [1.29, 1.82) is 0 Å². The van der Waals surface area contributed by atoms with Gasteiger partial charge in [-0.1, -0.05) is 6.92 Å². The van der Waals surface area contributed by atoms with Gasteiger partial charge in [-0.3, -0.25) is 4.79 Å². The minimum absolute atomic E-state index is 0.0403. The lowest BCUT2D eigenvalue weighted by atomic mass is 9.78. The summed E-state index contributed by atoms with van der Waals surface area (Å²) in [6.45, 7) is 3.57. The van der Waals surface area contributed by atoms with Gasteiger partial charge in [-0.2, -0.15) is 0 Å². The first kappa shape index (κ1) is 11.5. The van der Waals surface area contributed by atoms with Gasteiger partial charge in [-0.25, -0.2) is 12.7 Å². The number of nitrogens with zero attached hydrogens (tertiary/aromatic N) is 1. The molecule has 2 saturated heterocycles. The summed E-state index contributed by atoms with van der Waals surface area (Å²) in [5, 5.41) is 2.67. The molecule has 0 aromatic heterocycles. The van der Waals surface area contributed by atoms with Crippen LogP contribution in [0.25, 0.3) is 0 Å². The second-order valence-electron chi connectivity index (χ2n) is 5.60. The maximum absolute atomic E-state index is 12.2. The Balaban J connectivity index is 1.86. The number of sulfonamides is 1. The van der Waals surface area contributed by atoms with Gasteiger partial charge in [0.1, 0.15) is 0 Å². The maximum Gasteiger partial charge on any atom is 0.227 e. The van der Waals surface area contributed by atoms with Gasteiger partial charge >= 0.3 is 0 Å². The molecule has 0 radical (unpaired) electrons. The summed E-state index contributed by atoms with van der Waals surface area (Å²) in [7, 11) is -3.13.